The third-order valence-electron chi connectivity index (χ3n) is 4.45. The highest BCUT2D eigenvalue weighted by Crippen LogP contribution is 2.25. The molecule has 0 saturated heterocycles. The predicted octanol–water partition coefficient (Wildman–Crippen LogP) is 3.22. The van der Waals surface area contributed by atoms with E-state index < -0.39 is 0 Å². The van der Waals surface area contributed by atoms with Crippen LogP contribution in [-0.4, -0.2) is 29.8 Å². The Bertz CT molecular complexity index is 490. The molecule has 1 saturated carbocycles. The minimum absolute atomic E-state index is 0.0409. The number of ether oxygens (including phenoxy) is 1. The Kier molecular flexibility index (Phi) is 8.05. The van der Waals surface area contributed by atoms with Gasteiger partial charge in [0.1, 0.15) is 11.9 Å². The number of carbonyl (C=O) groups is 1. The van der Waals surface area contributed by atoms with Crippen LogP contribution in [0.15, 0.2) is 24.3 Å². The van der Waals surface area contributed by atoms with E-state index in [0.717, 1.165) is 69.3 Å². The number of nitrogens with two attached hydrogens (primary N) is 1. The van der Waals surface area contributed by atoms with Gasteiger partial charge in [0.15, 0.2) is 0 Å². The van der Waals surface area contributed by atoms with Crippen LogP contribution in [0.4, 0.5) is 5.69 Å². The van der Waals surface area contributed by atoms with E-state index in [1.165, 1.54) is 0 Å². The van der Waals surface area contributed by atoms with Crippen LogP contribution >= 0.6 is 0 Å². The van der Waals surface area contributed by atoms with Crippen LogP contribution < -0.4 is 15.8 Å². The van der Waals surface area contributed by atoms with Crippen molar-refractivity contribution in [2.24, 2.45) is 5.73 Å². The summed E-state index contributed by atoms with van der Waals surface area (Å²) in [6, 6.07) is 7.38. The lowest BCUT2D eigenvalue weighted by atomic mass is 9.95. The molecule has 1 fully saturated rings. The number of hydrogen-bond donors (Lipinski definition) is 3. The van der Waals surface area contributed by atoms with E-state index in [1.807, 2.05) is 24.3 Å². The molecule has 1 aliphatic rings. The highest BCUT2D eigenvalue weighted by atomic mass is 16.5. The summed E-state index contributed by atoms with van der Waals surface area (Å²) in [4.78, 5) is 11.9. The fourth-order valence-electron chi connectivity index (χ4n) is 3.01. The van der Waals surface area contributed by atoms with Crippen LogP contribution in [-0.2, 0) is 4.79 Å². The highest BCUT2D eigenvalue weighted by molar-refractivity contribution is 5.90. The molecular weight excluding hydrogens is 304 g/mol. The predicted molar refractivity (Wildman–Crippen MR) is 96.1 cm³/mol. The number of rotatable bonds is 9. The first kappa shape index (κ1) is 18.7. The smallest absolute Gasteiger partial charge is 0.224 e. The highest BCUT2D eigenvalue weighted by Gasteiger charge is 2.24. The van der Waals surface area contributed by atoms with E-state index in [1.54, 1.807) is 0 Å². The summed E-state index contributed by atoms with van der Waals surface area (Å²) in [5.74, 6) is 0.778. The SMILES string of the molecule is NCCCCCCC(=O)Nc1ccc(OC2CCCCC2O)cc1. The monoisotopic (exact) mass is 334 g/mol. The van der Waals surface area contributed by atoms with Crippen molar-refractivity contribution in [1.82, 2.24) is 0 Å². The van der Waals surface area contributed by atoms with Crippen molar-refractivity contribution in [3.05, 3.63) is 24.3 Å². The van der Waals surface area contributed by atoms with Gasteiger partial charge in [-0.2, -0.15) is 0 Å². The van der Waals surface area contributed by atoms with Crippen molar-refractivity contribution in [3.63, 3.8) is 0 Å². The fourth-order valence-corrected chi connectivity index (χ4v) is 3.01. The summed E-state index contributed by atoms with van der Waals surface area (Å²) < 4.78 is 5.86. The Morgan fingerprint density at radius 1 is 1.12 bits per heavy atom. The average Bonchev–Trinajstić information content (AvgIpc) is 2.58. The van der Waals surface area contributed by atoms with E-state index in [-0.39, 0.29) is 18.1 Å². The molecule has 0 bridgehead atoms. The lowest BCUT2D eigenvalue weighted by Crippen LogP contribution is -2.34. The Morgan fingerprint density at radius 2 is 1.83 bits per heavy atom. The van der Waals surface area contributed by atoms with E-state index in [4.69, 9.17) is 10.5 Å². The second kappa shape index (κ2) is 10.3. The number of benzene rings is 1. The molecule has 0 spiro atoms. The van der Waals surface area contributed by atoms with Crippen LogP contribution in [0.3, 0.4) is 0 Å². The molecule has 24 heavy (non-hydrogen) atoms. The maximum absolute atomic E-state index is 11.9. The van der Waals surface area contributed by atoms with Crippen molar-refractivity contribution in [3.8, 4) is 5.75 Å². The van der Waals surface area contributed by atoms with Crippen molar-refractivity contribution in [2.75, 3.05) is 11.9 Å². The molecule has 134 valence electrons. The molecule has 1 aliphatic carbocycles. The van der Waals surface area contributed by atoms with Gasteiger partial charge < -0.3 is 20.9 Å². The van der Waals surface area contributed by atoms with Crippen molar-refractivity contribution in [2.45, 2.75) is 70.0 Å². The maximum atomic E-state index is 11.9. The largest absolute Gasteiger partial charge is 0.488 e. The quantitative estimate of drug-likeness (QED) is 0.605. The Morgan fingerprint density at radius 3 is 2.54 bits per heavy atom. The summed E-state index contributed by atoms with van der Waals surface area (Å²) in [7, 11) is 0. The molecule has 1 aromatic rings. The van der Waals surface area contributed by atoms with Gasteiger partial charge in [-0.25, -0.2) is 0 Å². The summed E-state index contributed by atoms with van der Waals surface area (Å²) in [6.07, 6.45) is 7.96. The van der Waals surface area contributed by atoms with Gasteiger partial charge >= 0.3 is 0 Å². The zero-order valence-corrected chi connectivity index (χ0v) is 14.4. The minimum Gasteiger partial charge on any atom is -0.488 e. The zero-order chi connectivity index (χ0) is 17.2. The van der Waals surface area contributed by atoms with Gasteiger partial charge in [-0.15, -0.1) is 0 Å². The van der Waals surface area contributed by atoms with Gasteiger partial charge in [-0.05, 0) is 62.9 Å². The molecule has 5 heteroatoms. The topological polar surface area (TPSA) is 84.6 Å². The molecule has 2 rings (SSSR count). The van der Waals surface area contributed by atoms with Gasteiger partial charge in [-0.3, -0.25) is 4.79 Å². The summed E-state index contributed by atoms with van der Waals surface area (Å²) in [6.45, 7) is 0.721. The molecular formula is C19H30N2O3. The molecule has 0 radical (unpaired) electrons. The first-order valence-corrected chi connectivity index (χ1v) is 9.14. The van der Waals surface area contributed by atoms with Gasteiger partial charge in [0.25, 0.3) is 0 Å². The number of aliphatic hydroxyl groups is 1. The zero-order valence-electron chi connectivity index (χ0n) is 14.4. The average molecular weight is 334 g/mol. The number of unbranched alkanes of at least 4 members (excludes halogenated alkanes) is 3. The van der Waals surface area contributed by atoms with E-state index >= 15 is 0 Å². The number of anilines is 1. The Balaban J connectivity index is 1.72. The van der Waals surface area contributed by atoms with Crippen LogP contribution in [0.2, 0.25) is 0 Å². The second-order valence-corrected chi connectivity index (χ2v) is 6.53. The van der Waals surface area contributed by atoms with Crippen LogP contribution in [0.1, 0.15) is 57.8 Å². The summed E-state index contributed by atoms with van der Waals surface area (Å²) in [5.41, 5.74) is 6.22. The van der Waals surface area contributed by atoms with Gasteiger partial charge in [-0.1, -0.05) is 19.3 Å². The van der Waals surface area contributed by atoms with Crippen LogP contribution in [0.25, 0.3) is 0 Å². The van der Waals surface area contributed by atoms with Crippen molar-refractivity contribution in [1.29, 1.82) is 0 Å². The number of nitrogens with one attached hydrogen (secondary N) is 1. The first-order valence-electron chi connectivity index (χ1n) is 9.14. The minimum atomic E-state index is -0.377. The van der Waals surface area contributed by atoms with E-state index in [2.05, 4.69) is 5.32 Å². The normalized spacial score (nSPS) is 20.6. The van der Waals surface area contributed by atoms with Gasteiger partial charge in [0.05, 0.1) is 6.10 Å². The fraction of sp³-hybridized carbons (Fsp3) is 0.632. The molecule has 2 atom stereocenters. The molecule has 1 aromatic carbocycles. The van der Waals surface area contributed by atoms with Crippen LogP contribution in [0, 0.1) is 0 Å². The molecule has 2 unspecified atom stereocenters. The molecule has 0 heterocycles. The second-order valence-electron chi connectivity index (χ2n) is 6.53. The standard InChI is InChI=1S/C19H30N2O3/c20-14-6-2-1-3-9-19(23)21-15-10-12-16(13-11-15)24-18-8-5-4-7-17(18)22/h10-13,17-18,22H,1-9,14,20H2,(H,21,23). The molecule has 0 aromatic heterocycles. The van der Waals surface area contributed by atoms with E-state index in [9.17, 15) is 9.90 Å². The lowest BCUT2D eigenvalue weighted by Gasteiger charge is -2.28. The lowest BCUT2D eigenvalue weighted by molar-refractivity contribution is -0.116. The number of aliphatic hydroxyl groups excluding tert-OH is 1. The molecule has 1 amide bonds. The Hall–Kier alpha value is -1.59. The first-order chi connectivity index (χ1) is 11.7. The van der Waals surface area contributed by atoms with Crippen molar-refractivity contribution < 1.29 is 14.6 Å². The molecule has 4 N–H and O–H groups in total. The van der Waals surface area contributed by atoms with Gasteiger partial charge in [0.2, 0.25) is 5.91 Å². The summed E-state index contributed by atoms with van der Waals surface area (Å²) in [5, 5.41) is 12.9. The summed E-state index contributed by atoms with van der Waals surface area (Å²) >= 11 is 0. The van der Waals surface area contributed by atoms with Crippen LogP contribution in [0.5, 0.6) is 5.75 Å². The third kappa shape index (κ3) is 6.49. The number of hydrogen-bond acceptors (Lipinski definition) is 4. The van der Waals surface area contributed by atoms with Crippen molar-refractivity contribution >= 4 is 11.6 Å². The third-order valence-corrected chi connectivity index (χ3v) is 4.45. The molecule has 0 aliphatic heterocycles. The number of amides is 1. The molecule has 5 nitrogen and oxygen atoms in total. The number of carbonyl (C=O) groups excluding carboxylic acids is 1. The maximum Gasteiger partial charge on any atom is 0.224 e. The Labute approximate surface area is 144 Å². The van der Waals surface area contributed by atoms with Gasteiger partial charge in [0, 0.05) is 12.1 Å². The van der Waals surface area contributed by atoms with E-state index in [0.29, 0.717) is 6.42 Å².